The van der Waals surface area contributed by atoms with E-state index in [1.165, 1.54) is 0 Å². The summed E-state index contributed by atoms with van der Waals surface area (Å²) in [5.74, 6) is -0.126. The maximum atomic E-state index is 11.9. The molecule has 0 spiro atoms. The highest BCUT2D eigenvalue weighted by Crippen LogP contribution is 2.09. The smallest absolute Gasteiger partial charge is 0.255 e. The molecular weight excluding hydrogens is 232 g/mol. The lowest BCUT2D eigenvalue weighted by atomic mass is 10.1. The van der Waals surface area contributed by atoms with E-state index in [1.54, 1.807) is 24.4 Å². The Labute approximate surface area is 105 Å². The van der Waals surface area contributed by atoms with Gasteiger partial charge in [-0.05, 0) is 31.2 Å². The summed E-state index contributed by atoms with van der Waals surface area (Å²) in [5, 5.41) is 2.80. The number of aromatic nitrogens is 1. The van der Waals surface area contributed by atoms with Gasteiger partial charge in [-0.2, -0.15) is 0 Å². The second-order valence-electron chi connectivity index (χ2n) is 3.77. The Bertz CT molecular complexity index is 584. The van der Waals surface area contributed by atoms with E-state index < -0.39 is 0 Å². The molecule has 2 aromatic rings. The van der Waals surface area contributed by atoms with E-state index in [4.69, 9.17) is 12.2 Å². The van der Waals surface area contributed by atoms with Gasteiger partial charge in [-0.25, -0.2) is 0 Å². The number of aromatic amines is 1. The summed E-state index contributed by atoms with van der Waals surface area (Å²) in [4.78, 5) is 14.8. The molecule has 0 aliphatic carbocycles. The molecule has 1 heterocycles. The third-order valence-corrected chi connectivity index (χ3v) is 2.58. The first-order valence-corrected chi connectivity index (χ1v) is 5.63. The molecule has 2 rings (SSSR count). The van der Waals surface area contributed by atoms with Crippen molar-refractivity contribution in [3.63, 3.8) is 0 Å². The molecule has 1 aromatic heterocycles. The van der Waals surface area contributed by atoms with Gasteiger partial charge in [0.2, 0.25) is 0 Å². The largest absolute Gasteiger partial charge is 0.351 e. The molecule has 1 aromatic carbocycles. The SMILES string of the molecule is Cc1cccc(C(=O)Nc2ccc(=S)[nH]c2)c1. The Balaban J connectivity index is 2.17. The monoisotopic (exact) mass is 244 g/mol. The molecule has 86 valence electrons. The normalized spacial score (nSPS) is 9.94. The highest BCUT2D eigenvalue weighted by molar-refractivity contribution is 7.71. The van der Waals surface area contributed by atoms with Crippen molar-refractivity contribution in [3.05, 3.63) is 58.4 Å². The van der Waals surface area contributed by atoms with Crippen LogP contribution in [0, 0.1) is 11.6 Å². The number of carbonyl (C=O) groups is 1. The molecule has 0 fully saturated rings. The third-order valence-electron chi connectivity index (χ3n) is 2.32. The standard InChI is InChI=1S/C13H12N2OS/c1-9-3-2-4-10(7-9)13(16)15-11-5-6-12(17)14-8-11/h2-8H,1H3,(H,14,17)(H,15,16). The fourth-order valence-electron chi connectivity index (χ4n) is 1.48. The van der Waals surface area contributed by atoms with Crippen LogP contribution in [-0.2, 0) is 0 Å². The van der Waals surface area contributed by atoms with Crippen LogP contribution in [0.1, 0.15) is 15.9 Å². The van der Waals surface area contributed by atoms with Gasteiger partial charge in [-0.1, -0.05) is 29.9 Å². The van der Waals surface area contributed by atoms with E-state index in [2.05, 4.69) is 10.3 Å². The van der Waals surface area contributed by atoms with Crippen LogP contribution in [-0.4, -0.2) is 10.9 Å². The van der Waals surface area contributed by atoms with Crippen molar-refractivity contribution in [2.24, 2.45) is 0 Å². The summed E-state index contributed by atoms with van der Waals surface area (Å²) in [6.45, 7) is 1.95. The molecule has 4 heteroatoms. The zero-order valence-electron chi connectivity index (χ0n) is 9.36. The number of hydrogen-bond donors (Lipinski definition) is 2. The maximum absolute atomic E-state index is 11.9. The van der Waals surface area contributed by atoms with Gasteiger partial charge in [0.15, 0.2) is 0 Å². The summed E-state index contributed by atoms with van der Waals surface area (Å²) in [7, 11) is 0. The van der Waals surface area contributed by atoms with Gasteiger partial charge in [0.05, 0.1) is 5.69 Å². The minimum atomic E-state index is -0.126. The van der Waals surface area contributed by atoms with Crippen LogP contribution in [0.3, 0.4) is 0 Å². The topological polar surface area (TPSA) is 44.9 Å². The van der Waals surface area contributed by atoms with Gasteiger partial charge in [0, 0.05) is 11.8 Å². The number of rotatable bonds is 2. The molecular formula is C13H12N2OS. The van der Waals surface area contributed by atoms with Crippen LogP contribution < -0.4 is 5.32 Å². The summed E-state index contributed by atoms with van der Waals surface area (Å²) in [6.07, 6.45) is 1.68. The number of H-pyrrole nitrogens is 1. The lowest BCUT2D eigenvalue weighted by Crippen LogP contribution is -2.11. The maximum Gasteiger partial charge on any atom is 0.255 e. The van der Waals surface area contributed by atoms with Gasteiger partial charge in [-0.15, -0.1) is 0 Å². The molecule has 2 N–H and O–H groups in total. The number of carbonyl (C=O) groups excluding carboxylic acids is 1. The number of hydrogen-bond acceptors (Lipinski definition) is 2. The van der Waals surface area contributed by atoms with Crippen molar-refractivity contribution in [1.82, 2.24) is 4.98 Å². The number of anilines is 1. The van der Waals surface area contributed by atoms with Crippen LogP contribution in [0.25, 0.3) is 0 Å². The average molecular weight is 244 g/mol. The number of pyridine rings is 1. The molecule has 0 aliphatic rings. The minimum absolute atomic E-state index is 0.126. The van der Waals surface area contributed by atoms with Gasteiger partial charge in [0.1, 0.15) is 4.64 Å². The minimum Gasteiger partial charge on any atom is -0.351 e. The van der Waals surface area contributed by atoms with E-state index in [9.17, 15) is 4.79 Å². The molecule has 0 atom stereocenters. The zero-order chi connectivity index (χ0) is 12.3. The predicted molar refractivity (Wildman–Crippen MR) is 70.8 cm³/mol. The van der Waals surface area contributed by atoms with Crippen LogP contribution in [0.15, 0.2) is 42.6 Å². The number of aryl methyl sites for hydroxylation is 1. The quantitative estimate of drug-likeness (QED) is 0.796. The Morgan fingerprint density at radius 2 is 2.12 bits per heavy atom. The molecule has 0 unspecified atom stereocenters. The van der Waals surface area contributed by atoms with Gasteiger partial charge < -0.3 is 10.3 Å². The van der Waals surface area contributed by atoms with E-state index in [0.717, 1.165) is 5.56 Å². The first-order chi connectivity index (χ1) is 8.15. The molecule has 3 nitrogen and oxygen atoms in total. The Morgan fingerprint density at radius 1 is 1.29 bits per heavy atom. The number of benzene rings is 1. The molecule has 0 saturated carbocycles. The molecule has 0 bridgehead atoms. The molecule has 1 amide bonds. The van der Waals surface area contributed by atoms with E-state index >= 15 is 0 Å². The molecule has 0 radical (unpaired) electrons. The first-order valence-electron chi connectivity index (χ1n) is 5.22. The van der Waals surface area contributed by atoms with Crippen LogP contribution in [0.2, 0.25) is 0 Å². The first kappa shape index (κ1) is 11.5. The molecule has 0 saturated heterocycles. The van der Waals surface area contributed by atoms with Crippen molar-refractivity contribution < 1.29 is 4.79 Å². The summed E-state index contributed by atoms with van der Waals surface area (Å²) >= 11 is 4.93. The lowest BCUT2D eigenvalue weighted by molar-refractivity contribution is 0.102. The van der Waals surface area contributed by atoms with Crippen molar-refractivity contribution in [2.45, 2.75) is 6.92 Å². The second kappa shape index (κ2) is 4.93. The zero-order valence-corrected chi connectivity index (χ0v) is 10.2. The fraction of sp³-hybridized carbons (Fsp3) is 0.0769. The molecule has 0 aliphatic heterocycles. The van der Waals surface area contributed by atoms with Crippen molar-refractivity contribution in [1.29, 1.82) is 0 Å². The fourth-order valence-corrected chi connectivity index (χ4v) is 1.60. The molecule has 17 heavy (non-hydrogen) atoms. The van der Waals surface area contributed by atoms with Crippen molar-refractivity contribution >= 4 is 23.8 Å². The summed E-state index contributed by atoms with van der Waals surface area (Å²) in [5.41, 5.74) is 2.41. The van der Waals surface area contributed by atoms with Crippen molar-refractivity contribution in [3.8, 4) is 0 Å². The Morgan fingerprint density at radius 3 is 2.76 bits per heavy atom. The number of amides is 1. The van der Waals surface area contributed by atoms with Crippen molar-refractivity contribution in [2.75, 3.05) is 5.32 Å². The van der Waals surface area contributed by atoms with Gasteiger partial charge in [0.25, 0.3) is 5.91 Å². The average Bonchev–Trinajstić information content (AvgIpc) is 2.32. The highest BCUT2D eigenvalue weighted by Gasteiger charge is 2.05. The van der Waals surface area contributed by atoms with Gasteiger partial charge in [-0.3, -0.25) is 4.79 Å². The Kier molecular flexibility index (Phi) is 3.35. The van der Waals surface area contributed by atoms with Gasteiger partial charge >= 0.3 is 0 Å². The van der Waals surface area contributed by atoms with Crippen LogP contribution in [0.5, 0.6) is 0 Å². The summed E-state index contributed by atoms with van der Waals surface area (Å²) < 4.78 is 0.638. The third kappa shape index (κ3) is 3.01. The second-order valence-corrected chi connectivity index (χ2v) is 4.21. The van der Waals surface area contributed by atoms with Crippen LogP contribution in [0.4, 0.5) is 5.69 Å². The predicted octanol–water partition coefficient (Wildman–Crippen LogP) is 3.30. The summed E-state index contributed by atoms with van der Waals surface area (Å²) in [6, 6.07) is 11.0. The van der Waals surface area contributed by atoms with E-state index in [1.807, 2.05) is 25.1 Å². The van der Waals surface area contributed by atoms with Crippen LogP contribution >= 0.6 is 12.2 Å². The lowest BCUT2D eigenvalue weighted by Gasteiger charge is -2.05. The van der Waals surface area contributed by atoms with E-state index in [0.29, 0.717) is 15.9 Å². The Hall–Kier alpha value is -1.94. The number of nitrogens with one attached hydrogen (secondary N) is 2. The highest BCUT2D eigenvalue weighted by atomic mass is 32.1. The van der Waals surface area contributed by atoms with E-state index in [-0.39, 0.29) is 5.91 Å².